The molecule has 0 saturated heterocycles. The van der Waals surface area contributed by atoms with E-state index in [0.717, 1.165) is 11.1 Å². The second-order valence-corrected chi connectivity index (χ2v) is 9.68. The molecule has 0 aliphatic rings. The number of carbonyl (C=O) groups is 1. The minimum absolute atomic E-state index is 0.0533. The Bertz CT molecular complexity index is 1390. The second kappa shape index (κ2) is 12.1. The molecule has 1 heterocycles. The van der Waals surface area contributed by atoms with Crippen LogP contribution in [0.1, 0.15) is 41.8 Å². The number of carboxylic acids is 1. The molecule has 0 atom stereocenters. The highest BCUT2D eigenvalue weighted by Gasteiger charge is 2.39. The molecule has 0 spiro atoms. The van der Waals surface area contributed by atoms with Gasteiger partial charge >= 0.3 is 24.2 Å². The van der Waals surface area contributed by atoms with Gasteiger partial charge in [-0.2, -0.15) is 35.1 Å². The first-order valence-electron chi connectivity index (χ1n) is 12.1. The first kappa shape index (κ1) is 32.5. The van der Waals surface area contributed by atoms with E-state index in [-0.39, 0.29) is 24.8 Å². The number of hydrogen-bond acceptors (Lipinski definition) is 5. The summed E-state index contributed by atoms with van der Waals surface area (Å²) in [4.78, 5) is 19.6. The lowest BCUT2D eigenvalue weighted by molar-refractivity contribution is -0.152. The number of ether oxygens (including phenoxy) is 1. The van der Waals surface area contributed by atoms with Crippen molar-refractivity contribution in [2.24, 2.45) is 0 Å². The SMILES string of the molecule is CC(C)(Oc1ccc(CCN(Cc2ccc(C(F)(F)F)cc2C(F)(F)CF)c2nccc(C(F)(F)F)n2)cc1)C(=O)O. The van der Waals surface area contributed by atoms with Crippen LogP contribution in [0.15, 0.2) is 54.7 Å². The van der Waals surface area contributed by atoms with Crippen molar-refractivity contribution in [3.8, 4) is 5.75 Å². The molecule has 3 aromatic rings. The highest BCUT2D eigenvalue weighted by atomic mass is 19.4. The van der Waals surface area contributed by atoms with Crippen LogP contribution in [-0.4, -0.2) is 39.9 Å². The van der Waals surface area contributed by atoms with Crippen molar-refractivity contribution in [1.29, 1.82) is 0 Å². The topological polar surface area (TPSA) is 75.5 Å². The van der Waals surface area contributed by atoms with Gasteiger partial charge in [0, 0.05) is 24.8 Å². The Morgan fingerprint density at radius 1 is 0.929 bits per heavy atom. The van der Waals surface area contributed by atoms with Gasteiger partial charge in [0.2, 0.25) is 5.95 Å². The van der Waals surface area contributed by atoms with Crippen molar-refractivity contribution in [3.05, 3.63) is 82.7 Å². The maximum absolute atomic E-state index is 14.5. The van der Waals surface area contributed by atoms with E-state index in [9.17, 15) is 49.4 Å². The third-order valence-electron chi connectivity index (χ3n) is 6.06. The van der Waals surface area contributed by atoms with Crippen LogP contribution in [0.25, 0.3) is 0 Å². The van der Waals surface area contributed by atoms with Crippen molar-refractivity contribution >= 4 is 11.9 Å². The first-order chi connectivity index (χ1) is 19.3. The number of carboxylic acid groups (broad SMARTS) is 1. The first-order valence-corrected chi connectivity index (χ1v) is 12.1. The van der Waals surface area contributed by atoms with Gasteiger partial charge in [0.1, 0.15) is 11.4 Å². The smallest absolute Gasteiger partial charge is 0.433 e. The molecule has 0 aliphatic heterocycles. The summed E-state index contributed by atoms with van der Waals surface area (Å²) in [5, 5.41) is 9.21. The molecule has 0 fully saturated rings. The molecule has 0 amide bonds. The molecule has 42 heavy (non-hydrogen) atoms. The third kappa shape index (κ3) is 8.03. The molecular weight excluding hydrogens is 585 g/mol. The van der Waals surface area contributed by atoms with Crippen molar-refractivity contribution in [2.75, 3.05) is 18.1 Å². The van der Waals surface area contributed by atoms with Crippen LogP contribution < -0.4 is 9.64 Å². The van der Waals surface area contributed by atoms with Crippen LogP contribution in [0, 0.1) is 0 Å². The van der Waals surface area contributed by atoms with E-state index >= 15 is 0 Å². The Morgan fingerprint density at radius 3 is 2.12 bits per heavy atom. The van der Waals surface area contributed by atoms with Crippen LogP contribution in [0.2, 0.25) is 0 Å². The van der Waals surface area contributed by atoms with Gasteiger partial charge < -0.3 is 14.7 Å². The Balaban J connectivity index is 1.97. The van der Waals surface area contributed by atoms with E-state index < -0.39 is 71.4 Å². The molecule has 0 aliphatic carbocycles. The normalized spacial score (nSPS) is 12.7. The van der Waals surface area contributed by atoms with Crippen molar-refractivity contribution < 1.29 is 54.2 Å². The zero-order valence-corrected chi connectivity index (χ0v) is 22.0. The molecule has 1 N–H and O–H groups in total. The molecule has 2 aromatic carbocycles. The molecular formula is C27H24F9N3O3. The van der Waals surface area contributed by atoms with Gasteiger partial charge in [-0.05, 0) is 61.7 Å². The number of nitrogens with zero attached hydrogens (tertiary/aromatic N) is 3. The van der Waals surface area contributed by atoms with Gasteiger partial charge in [0.15, 0.2) is 12.3 Å². The predicted octanol–water partition coefficient (Wildman–Crippen LogP) is 7.07. The summed E-state index contributed by atoms with van der Waals surface area (Å²) >= 11 is 0. The summed E-state index contributed by atoms with van der Waals surface area (Å²) in [7, 11) is 0. The summed E-state index contributed by atoms with van der Waals surface area (Å²) in [6.45, 7) is -0.535. The van der Waals surface area contributed by atoms with Gasteiger partial charge in [-0.1, -0.05) is 18.2 Å². The quantitative estimate of drug-likeness (QED) is 0.235. The third-order valence-corrected chi connectivity index (χ3v) is 6.06. The Kier molecular flexibility index (Phi) is 9.32. The van der Waals surface area contributed by atoms with Crippen LogP contribution >= 0.6 is 0 Å². The Labute approximate surface area is 233 Å². The Hall–Kier alpha value is -4.04. The molecule has 0 bridgehead atoms. The molecule has 0 radical (unpaired) electrons. The average Bonchev–Trinajstić information content (AvgIpc) is 2.90. The number of aliphatic carboxylic acids is 1. The Morgan fingerprint density at radius 2 is 1.57 bits per heavy atom. The van der Waals surface area contributed by atoms with E-state index in [2.05, 4.69) is 9.97 Å². The molecule has 0 saturated carbocycles. The van der Waals surface area contributed by atoms with E-state index in [1.54, 1.807) is 0 Å². The highest BCUT2D eigenvalue weighted by molar-refractivity contribution is 5.76. The lowest BCUT2D eigenvalue weighted by atomic mass is 9.98. The van der Waals surface area contributed by atoms with E-state index in [0.29, 0.717) is 23.8 Å². The number of halogens is 9. The summed E-state index contributed by atoms with van der Waals surface area (Å²) in [6, 6.07) is 7.85. The molecule has 0 unspecified atom stereocenters. The molecule has 3 rings (SSSR count). The van der Waals surface area contributed by atoms with Gasteiger partial charge in [-0.25, -0.2) is 19.2 Å². The number of rotatable bonds is 11. The fraction of sp³-hybridized carbons (Fsp3) is 0.370. The number of benzene rings is 2. The minimum atomic E-state index is -5.01. The average molecular weight is 609 g/mol. The summed E-state index contributed by atoms with van der Waals surface area (Å²) < 4.78 is 127. The van der Waals surface area contributed by atoms with Crippen molar-refractivity contribution in [3.63, 3.8) is 0 Å². The highest BCUT2D eigenvalue weighted by Crippen LogP contribution is 2.38. The van der Waals surface area contributed by atoms with Crippen molar-refractivity contribution in [1.82, 2.24) is 9.97 Å². The van der Waals surface area contributed by atoms with Crippen LogP contribution in [0.5, 0.6) is 5.75 Å². The molecule has 228 valence electrons. The monoisotopic (exact) mass is 609 g/mol. The minimum Gasteiger partial charge on any atom is -0.478 e. The fourth-order valence-electron chi connectivity index (χ4n) is 3.74. The number of aromatic nitrogens is 2. The van der Waals surface area contributed by atoms with Crippen molar-refractivity contribution in [2.45, 2.75) is 50.7 Å². The maximum atomic E-state index is 14.5. The number of alkyl halides is 9. The zero-order valence-electron chi connectivity index (χ0n) is 22.0. The lowest BCUT2D eigenvalue weighted by Gasteiger charge is -2.26. The molecule has 6 nitrogen and oxygen atoms in total. The molecule has 1 aromatic heterocycles. The number of hydrogen-bond donors (Lipinski definition) is 1. The summed E-state index contributed by atoms with van der Waals surface area (Å²) in [5.41, 5.74) is -5.55. The molecule has 15 heteroatoms. The van der Waals surface area contributed by atoms with Gasteiger partial charge in [0.25, 0.3) is 0 Å². The van der Waals surface area contributed by atoms with Gasteiger partial charge in [0.05, 0.1) is 5.56 Å². The maximum Gasteiger partial charge on any atom is 0.433 e. The summed E-state index contributed by atoms with van der Waals surface area (Å²) in [5.74, 6) is -5.89. The lowest BCUT2D eigenvalue weighted by Crippen LogP contribution is -2.37. The van der Waals surface area contributed by atoms with Crippen LogP contribution in [0.3, 0.4) is 0 Å². The second-order valence-electron chi connectivity index (χ2n) is 9.68. The van der Waals surface area contributed by atoms with Gasteiger partial charge in [-0.3, -0.25) is 0 Å². The van der Waals surface area contributed by atoms with Gasteiger partial charge in [-0.15, -0.1) is 0 Å². The van der Waals surface area contributed by atoms with Crippen LogP contribution in [-0.2, 0) is 36.0 Å². The fourth-order valence-corrected chi connectivity index (χ4v) is 3.74. The zero-order chi connectivity index (χ0) is 31.5. The number of anilines is 1. The summed E-state index contributed by atoms with van der Waals surface area (Å²) in [6.07, 6.45) is -9.06. The van der Waals surface area contributed by atoms with E-state index in [4.69, 9.17) is 4.74 Å². The van der Waals surface area contributed by atoms with Crippen LogP contribution in [0.4, 0.5) is 45.5 Å². The van der Waals surface area contributed by atoms with E-state index in [1.807, 2.05) is 0 Å². The predicted molar refractivity (Wildman–Crippen MR) is 132 cm³/mol. The standard InChI is InChI=1S/C27H24F9N3O3/c1-24(2,22(40)41)42-19-7-3-16(4-8-19)10-12-39(23-37-11-9-21(38-23)27(34,35)36)14-17-5-6-18(26(31,32)33)13-20(17)25(29,30)15-28/h3-9,11,13H,10,12,14-15H2,1-2H3,(H,40,41). The largest absolute Gasteiger partial charge is 0.478 e. The van der Waals surface area contributed by atoms with E-state index in [1.165, 1.54) is 38.1 Å².